The number of nitrogens with zero attached hydrogens (tertiary/aromatic N) is 7. The van der Waals surface area contributed by atoms with Gasteiger partial charge in [-0.25, -0.2) is 19.9 Å². The summed E-state index contributed by atoms with van der Waals surface area (Å²) in [4.78, 5) is 35.6. The third-order valence-electron chi connectivity index (χ3n) is 6.04. The molecule has 0 saturated carbocycles. The van der Waals surface area contributed by atoms with E-state index in [1.807, 2.05) is 25.4 Å². The molecule has 0 saturated heterocycles. The zero-order chi connectivity index (χ0) is 26.5. The summed E-state index contributed by atoms with van der Waals surface area (Å²) in [5, 5.41) is 1.79. The highest BCUT2D eigenvalue weighted by Crippen LogP contribution is 2.18. The zero-order valence-electron chi connectivity index (χ0n) is 20.8. The second-order valence-corrected chi connectivity index (χ2v) is 8.93. The molecule has 10 heteroatoms. The van der Waals surface area contributed by atoms with E-state index in [0.717, 1.165) is 22.9 Å². The zero-order valence-corrected chi connectivity index (χ0v) is 21.5. The van der Waals surface area contributed by atoms with Crippen LogP contribution < -0.4 is 21.0 Å². The Morgan fingerprint density at radius 2 is 1.84 bits per heavy atom. The number of hydrogen-bond donors (Lipinski definition) is 0. The number of pyridine rings is 1. The smallest absolute Gasteiger partial charge is 0.267 e. The molecule has 5 aromatic rings. The molecule has 0 bridgehead atoms. The lowest BCUT2D eigenvalue weighted by molar-refractivity contribution is 0.350. The van der Waals surface area contributed by atoms with E-state index in [2.05, 4.69) is 42.0 Å². The van der Waals surface area contributed by atoms with Gasteiger partial charge in [-0.05, 0) is 42.0 Å². The Hall–Kier alpha value is -4.63. The van der Waals surface area contributed by atoms with Crippen molar-refractivity contribution in [2.75, 3.05) is 14.2 Å². The van der Waals surface area contributed by atoms with E-state index in [4.69, 9.17) is 16.3 Å². The number of hydrogen-bond acceptors (Lipinski definition) is 8. The van der Waals surface area contributed by atoms with Gasteiger partial charge in [-0.2, -0.15) is 0 Å². The fourth-order valence-corrected chi connectivity index (χ4v) is 4.29. The molecular weight excluding hydrogens is 502 g/mol. The predicted octanol–water partition coefficient (Wildman–Crippen LogP) is 2.79. The molecule has 0 aliphatic carbocycles. The molecule has 2 aromatic carbocycles. The highest BCUT2D eigenvalue weighted by atomic mass is 35.5. The first-order chi connectivity index (χ1) is 18.5. The lowest BCUT2D eigenvalue weighted by atomic mass is 10.1. The van der Waals surface area contributed by atoms with Crippen LogP contribution in [0.25, 0.3) is 22.8 Å². The molecule has 38 heavy (non-hydrogen) atoms. The van der Waals surface area contributed by atoms with Gasteiger partial charge in [0.2, 0.25) is 0 Å². The Balaban J connectivity index is 0.000000156. The molecule has 190 valence electrons. The Labute approximate surface area is 223 Å². The van der Waals surface area contributed by atoms with Crippen molar-refractivity contribution in [3.05, 3.63) is 117 Å². The number of ether oxygens (including phenoxy) is 1. The molecule has 1 atom stereocenters. The van der Waals surface area contributed by atoms with Gasteiger partial charge in [0.15, 0.2) is 5.49 Å². The van der Waals surface area contributed by atoms with Crippen LogP contribution in [0.4, 0.5) is 0 Å². The SMILES string of the molecule is COc1ccc(CC2N=c3ncncc3=CN2C)cc1.O=c1c2c(Cl)cccc2ncn1-c1cccnc1. The maximum absolute atomic E-state index is 12.4. The third-order valence-corrected chi connectivity index (χ3v) is 6.36. The van der Waals surface area contributed by atoms with E-state index in [9.17, 15) is 4.79 Å². The predicted molar refractivity (Wildman–Crippen MR) is 146 cm³/mol. The molecule has 0 fully saturated rings. The van der Waals surface area contributed by atoms with Crippen molar-refractivity contribution in [3.63, 3.8) is 0 Å². The number of aromatic nitrogens is 5. The van der Waals surface area contributed by atoms with Crippen LogP contribution in [0, 0.1) is 0 Å². The topological polar surface area (TPSA) is 98.4 Å². The second kappa shape index (κ2) is 11.2. The van der Waals surface area contributed by atoms with Crippen molar-refractivity contribution in [2.45, 2.75) is 12.6 Å². The summed E-state index contributed by atoms with van der Waals surface area (Å²) in [7, 11) is 3.69. The lowest BCUT2D eigenvalue weighted by Gasteiger charge is -2.25. The highest BCUT2D eigenvalue weighted by molar-refractivity contribution is 6.35. The van der Waals surface area contributed by atoms with Crippen molar-refractivity contribution in [1.29, 1.82) is 0 Å². The maximum Gasteiger partial charge on any atom is 0.267 e. The van der Waals surface area contributed by atoms with Crippen molar-refractivity contribution in [2.24, 2.45) is 4.99 Å². The van der Waals surface area contributed by atoms with Crippen molar-refractivity contribution in [3.8, 4) is 11.4 Å². The molecule has 6 rings (SSSR count). The number of rotatable bonds is 4. The molecule has 0 spiro atoms. The van der Waals surface area contributed by atoms with Crippen LogP contribution in [0.1, 0.15) is 5.56 Å². The Morgan fingerprint density at radius 3 is 2.61 bits per heavy atom. The summed E-state index contributed by atoms with van der Waals surface area (Å²) >= 11 is 6.05. The summed E-state index contributed by atoms with van der Waals surface area (Å²) in [5.41, 5.74) is 3.04. The molecule has 1 aliphatic heterocycles. The molecule has 4 heterocycles. The Kier molecular flexibility index (Phi) is 7.37. The maximum atomic E-state index is 12.4. The first-order valence-corrected chi connectivity index (χ1v) is 12.2. The van der Waals surface area contributed by atoms with Crippen LogP contribution in [0.3, 0.4) is 0 Å². The van der Waals surface area contributed by atoms with Crippen molar-refractivity contribution >= 4 is 28.7 Å². The van der Waals surface area contributed by atoms with E-state index in [1.165, 1.54) is 22.8 Å². The minimum absolute atomic E-state index is 0.0609. The number of halogens is 1. The van der Waals surface area contributed by atoms with Gasteiger partial charge in [0.25, 0.3) is 5.56 Å². The third kappa shape index (κ3) is 5.37. The fourth-order valence-electron chi connectivity index (χ4n) is 4.04. The van der Waals surface area contributed by atoms with Crippen LogP contribution in [0.5, 0.6) is 5.75 Å². The van der Waals surface area contributed by atoms with E-state index in [1.54, 1.807) is 56.0 Å². The molecule has 1 unspecified atom stereocenters. The molecule has 0 N–H and O–H groups in total. The number of methoxy groups -OCH3 is 1. The first kappa shape index (κ1) is 25.0. The van der Waals surface area contributed by atoms with E-state index in [0.29, 0.717) is 21.6 Å². The quantitative estimate of drug-likeness (QED) is 0.356. The van der Waals surface area contributed by atoms with Gasteiger partial charge in [-0.15, -0.1) is 0 Å². The van der Waals surface area contributed by atoms with Gasteiger partial charge in [0, 0.05) is 32.1 Å². The van der Waals surface area contributed by atoms with Crippen LogP contribution in [0.15, 0.2) is 95.6 Å². The standard InChI is InChI=1S/C15H16N4O.C13H8ClN3O/c1-19-9-12-8-16-10-17-15(12)18-14(19)7-11-3-5-13(20-2)6-4-11;14-10-4-1-5-11-12(10)13(18)17(8-16-11)9-3-2-6-15-7-9/h3-6,8-10,14H,7H2,1-2H3;1-8H. The van der Waals surface area contributed by atoms with Crippen LogP contribution >= 0.6 is 11.6 Å². The summed E-state index contributed by atoms with van der Waals surface area (Å²) in [6.07, 6.45) is 11.0. The molecule has 9 nitrogen and oxygen atoms in total. The lowest BCUT2D eigenvalue weighted by Crippen LogP contribution is -2.42. The van der Waals surface area contributed by atoms with Gasteiger partial charge in [-0.3, -0.25) is 14.3 Å². The summed E-state index contributed by atoms with van der Waals surface area (Å²) in [5.74, 6) is 0.868. The summed E-state index contributed by atoms with van der Waals surface area (Å²) < 4.78 is 6.60. The van der Waals surface area contributed by atoms with Crippen LogP contribution in [-0.4, -0.2) is 49.7 Å². The largest absolute Gasteiger partial charge is 0.497 e. The molecule has 1 aliphatic rings. The molecule has 0 amide bonds. The Morgan fingerprint density at radius 1 is 1.00 bits per heavy atom. The van der Waals surface area contributed by atoms with Crippen LogP contribution in [0.2, 0.25) is 5.02 Å². The summed E-state index contributed by atoms with van der Waals surface area (Å²) in [6.45, 7) is 0. The van der Waals surface area contributed by atoms with Gasteiger partial charge in [-0.1, -0.05) is 29.8 Å². The van der Waals surface area contributed by atoms with E-state index < -0.39 is 0 Å². The number of likely N-dealkylation sites (N-methyl/N-ethyl adjacent to an activating group) is 1. The van der Waals surface area contributed by atoms with Gasteiger partial charge >= 0.3 is 0 Å². The van der Waals surface area contributed by atoms with E-state index in [-0.39, 0.29) is 11.7 Å². The monoisotopic (exact) mass is 525 g/mol. The second-order valence-electron chi connectivity index (χ2n) is 8.52. The minimum atomic E-state index is -0.196. The van der Waals surface area contributed by atoms with E-state index >= 15 is 0 Å². The minimum Gasteiger partial charge on any atom is -0.497 e. The van der Waals surface area contributed by atoms with Crippen molar-refractivity contribution < 1.29 is 4.74 Å². The molecule has 0 radical (unpaired) electrons. The first-order valence-electron chi connectivity index (χ1n) is 11.8. The van der Waals surface area contributed by atoms with Gasteiger partial charge in [0.05, 0.1) is 40.1 Å². The molecule has 3 aromatic heterocycles. The number of fused-ring (bicyclic) bond motifs is 2. The van der Waals surface area contributed by atoms with Gasteiger partial charge in [0.1, 0.15) is 24.6 Å². The number of benzene rings is 2. The molecular formula is C28H24ClN7O2. The van der Waals surface area contributed by atoms with Gasteiger partial charge < -0.3 is 9.64 Å². The normalized spacial score (nSPS) is 14.0. The van der Waals surface area contributed by atoms with Crippen molar-refractivity contribution in [1.82, 2.24) is 29.4 Å². The summed E-state index contributed by atoms with van der Waals surface area (Å²) in [6, 6.07) is 16.8. The Bertz CT molecular complexity index is 1740. The average molecular weight is 526 g/mol. The average Bonchev–Trinajstić information content (AvgIpc) is 2.95. The highest BCUT2D eigenvalue weighted by Gasteiger charge is 2.15. The fraction of sp³-hybridized carbons (Fsp3) is 0.143. The van der Waals surface area contributed by atoms with Crippen LogP contribution in [-0.2, 0) is 6.42 Å².